The third kappa shape index (κ3) is 6.73. The van der Waals surface area contributed by atoms with Crippen molar-refractivity contribution < 1.29 is 26.7 Å². The van der Waals surface area contributed by atoms with Gasteiger partial charge in [-0.2, -0.15) is 4.98 Å². The van der Waals surface area contributed by atoms with Gasteiger partial charge in [0, 0.05) is 55.7 Å². The van der Waals surface area contributed by atoms with Gasteiger partial charge in [-0.05, 0) is 68.4 Å². The largest absolute Gasteiger partial charge is 0.471 e. The number of nitrogens with one attached hydrogen (secondary N) is 1. The summed E-state index contributed by atoms with van der Waals surface area (Å²) in [7, 11) is -4.17. The molecule has 1 saturated carbocycles. The third-order valence-corrected chi connectivity index (χ3v) is 10.7. The summed E-state index contributed by atoms with van der Waals surface area (Å²) in [6.07, 6.45) is 0.426. The number of benzene rings is 2. The normalized spacial score (nSPS) is 23.4. The van der Waals surface area contributed by atoms with E-state index >= 15 is 0 Å². The number of rotatable bonds is 4. The molecule has 2 aromatic carbocycles. The van der Waals surface area contributed by atoms with E-state index in [9.17, 15) is 22.0 Å². The highest BCUT2D eigenvalue weighted by Gasteiger charge is 2.42. The maximum absolute atomic E-state index is 14.3. The van der Waals surface area contributed by atoms with Crippen molar-refractivity contribution in [2.45, 2.75) is 88.8 Å². The van der Waals surface area contributed by atoms with Crippen LogP contribution in [0.2, 0.25) is 0 Å². The number of amides is 1. The van der Waals surface area contributed by atoms with Gasteiger partial charge in [0.25, 0.3) is 15.9 Å². The lowest BCUT2D eigenvalue weighted by molar-refractivity contribution is -0.0557. The van der Waals surface area contributed by atoms with Gasteiger partial charge in [-0.1, -0.05) is 38.1 Å². The molecule has 1 amide bonds. The predicted octanol–water partition coefficient (Wildman–Crippen LogP) is 6.07. The van der Waals surface area contributed by atoms with Crippen molar-refractivity contribution in [3.63, 3.8) is 0 Å². The number of aromatic nitrogens is 2. The number of anilines is 1. The summed E-state index contributed by atoms with van der Waals surface area (Å²) in [5, 5.41) is 0. The van der Waals surface area contributed by atoms with E-state index in [-0.39, 0.29) is 53.0 Å². The van der Waals surface area contributed by atoms with Crippen molar-refractivity contribution in [2.75, 3.05) is 24.4 Å². The van der Waals surface area contributed by atoms with Crippen molar-refractivity contribution >= 4 is 21.9 Å². The number of carbonyl (C=O) groups excluding carboxylic acids is 1. The molecule has 1 saturated heterocycles. The second-order valence-electron chi connectivity index (χ2n) is 13.2. The van der Waals surface area contributed by atoms with Crippen molar-refractivity contribution in [2.24, 2.45) is 5.92 Å². The number of halogens is 2. The molecule has 0 spiro atoms. The summed E-state index contributed by atoms with van der Waals surface area (Å²) in [6.45, 7) is 9.32. The summed E-state index contributed by atoms with van der Waals surface area (Å²) in [4.78, 5) is 27.3. The maximum atomic E-state index is 14.3. The molecule has 3 heterocycles. The minimum absolute atomic E-state index is 0.0689. The Kier molecular flexibility index (Phi) is 8.79. The molecule has 3 aliphatic rings. The molecule has 0 radical (unpaired) electrons. The Labute approximate surface area is 269 Å². The molecule has 1 N–H and O–H groups in total. The highest BCUT2D eigenvalue weighted by Crippen LogP contribution is 2.37. The number of fused-ring (bicyclic) bond motifs is 6. The average molecular weight is 654 g/mol. The van der Waals surface area contributed by atoms with Gasteiger partial charge in [0.15, 0.2) is 0 Å². The first kappa shape index (κ1) is 32.3. The van der Waals surface area contributed by atoms with Gasteiger partial charge in [0.2, 0.25) is 17.8 Å². The Morgan fingerprint density at radius 1 is 1.02 bits per heavy atom. The van der Waals surface area contributed by atoms with E-state index in [1.165, 1.54) is 12.1 Å². The first-order valence-corrected chi connectivity index (χ1v) is 17.5. The predicted molar refractivity (Wildman–Crippen MR) is 172 cm³/mol. The van der Waals surface area contributed by atoms with Gasteiger partial charge < -0.3 is 9.64 Å². The Hall–Kier alpha value is -3.64. The quantitative estimate of drug-likeness (QED) is 0.364. The van der Waals surface area contributed by atoms with Crippen LogP contribution in [0.3, 0.4) is 0 Å². The Bertz CT molecular complexity index is 1700. The zero-order valence-corrected chi connectivity index (χ0v) is 27.5. The minimum Gasteiger partial charge on any atom is -0.471 e. The van der Waals surface area contributed by atoms with E-state index in [0.29, 0.717) is 44.6 Å². The molecule has 6 bridgehead atoms. The molecule has 6 rings (SSSR count). The molecular formula is C34H41F2N5O4S. The van der Waals surface area contributed by atoms with Crippen molar-refractivity contribution in [1.82, 2.24) is 19.8 Å². The van der Waals surface area contributed by atoms with Crippen LogP contribution in [0.1, 0.15) is 67.4 Å². The first-order chi connectivity index (χ1) is 21.8. The number of aryl methyl sites for hydroxylation is 2. The second kappa shape index (κ2) is 12.5. The number of nitrogens with zero attached hydrogens (tertiary/aromatic N) is 4. The number of carbonyl (C=O) groups is 1. The Balaban J connectivity index is 1.51. The number of hydrogen-bond acceptors (Lipinski definition) is 7. The fourth-order valence-electron chi connectivity index (χ4n) is 7.07. The fraction of sp³-hybridized carbons (Fsp3) is 0.500. The van der Waals surface area contributed by atoms with Crippen LogP contribution in [0.4, 0.5) is 14.7 Å². The van der Waals surface area contributed by atoms with E-state index in [2.05, 4.69) is 33.4 Å². The van der Waals surface area contributed by atoms with Gasteiger partial charge in [-0.3, -0.25) is 9.69 Å². The topological polar surface area (TPSA) is 105 Å². The van der Waals surface area contributed by atoms with Crippen LogP contribution in [0.25, 0.3) is 11.3 Å². The van der Waals surface area contributed by atoms with E-state index in [1.807, 2.05) is 32.0 Å². The monoisotopic (exact) mass is 653 g/mol. The lowest BCUT2D eigenvalue weighted by Gasteiger charge is -2.38. The van der Waals surface area contributed by atoms with Crippen LogP contribution in [0.5, 0.6) is 5.88 Å². The molecule has 2 aliphatic heterocycles. The number of hydrogen-bond donors (Lipinski definition) is 1. The van der Waals surface area contributed by atoms with Crippen molar-refractivity contribution in [1.29, 1.82) is 0 Å². The standard InChI is InChI=1S/C34H41F2N5O4S/c1-21(2)17-28-29-20-40(25-11-13-34(35,36)14-12-25)15-16-41(28)32(42)24-9-6-10-26(18-24)46(43,44)39-33-37-27(19-30(38-33)45-29)31-22(3)7-5-8-23(31)4/h5-10,18-19,21,25,28-29H,11-17,20H2,1-4H3,(H,37,38,39)/t28-,29-/m1/s1. The second-order valence-corrected chi connectivity index (χ2v) is 14.9. The van der Waals surface area contributed by atoms with Crippen LogP contribution < -0.4 is 9.46 Å². The minimum atomic E-state index is -4.17. The van der Waals surface area contributed by atoms with Gasteiger partial charge >= 0.3 is 0 Å². The molecule has 1 aromatic heterocycles. The summed E-state index contributed by atoms with van der Waals surface area (Å²) in [6, 6.07) is 13.1. The highest BCUT2D eigenvalue weighted by molar-refractivity contribution is 7.92. The van der Waals surface area contributed by atoms with E-state index in [1.54, 1.807) is 23.1 Å². The van der Waals surface area contributed by atoms with E-state index < -0.39 is 28.1 Å². The van der Waals surface area contributed by atoms with Gasteiger partial charge in [-0.25, -0.2) is 26.9 Å². The molecular weight excluding hydrogens is 612 g/mol. The lowest BCUT2D eigenvalue weighted by Crippen LogP contribution is -2.51. The first-order valence-electron chi connectivity index (χ1n) is 16.0. The van der Waals surface area contributed by atoms with Crippen LogP contribution in [0, 0.1) is 19.8 Å². The maximum Gasteiger partial charge on any atom is 0.264 e. The van der Waals surface area contributed by atoms with Crippen molar-refractivity contribution in [3.8, 4) is 17.1 Å². The van der Waals surface area contributed by atoms with E-state index in [4.69, 9.17) is 4.74 Å². The Morgan fingerprint density at radius 3 is 2.41 bits per heavy atom. The van der Waals surface area contributed by atoms with Crippen molar-refractivity contribution in [3.05, 3.63) is 65.2 Å². The molecule has 2 atom stereocenters. The van der Waals surface area contributed by atoms with Crippen LogP contribution >= 0.6 is 0 Å². The Morgan fingerprint density at radius 2 is 1.72 bits per heavy atom. The number of sulfonamides is 1. The third-order valence-electron chi connectivity index (χ3n) is 9.38. The summed E-state index contributed by atoms with van der Waals surface area (Å²) in [5.74, 6) is -2.75. The van der Waals surface area contributed by atoms with Gasteiger partial charge in [0.1, 0.15) is 6.10 Å². The number of ether oxygens (including phenoxy) is 1. The fourth-order valence-corrected chi connectivity index (χ4v) is 8.06. The molecule has 12 heteroatoms. The summed E-state index contributed by atoms with van der Waals surface area (Å²) < 4.78 is 64.8. The highest BCUT2D eigenvalue weighted by atomic mass is 32.2. The van der Waals surface area contributed by atoms with E-state index in [0.717, 1.165) is 16.7 Å². The zero-order chi connectivity index (χ0) is 32.8. The lowest BCUT2D eigenvalue weighted by atomic mass is 9.90. The number of alkyl halides is 2. The van der Waals surface area contributed by atoms with Crippen LogP contribution in [-0.2, 0) is 10.0 Å². The molecule has 2 fully saturated rings. The molecule has 9 nitrogen and oxygen atoms in total. The zero-order valence-electron chi connectivity index (χ0n) is 26.7. The summed E-state index contributed by atoms with van der Waals surface area (Å²) in [5.41, 5.74) is 3.48. The SMILES string of the molecule is Cc1cccc(C)c1-c1cc2nc(n1)NS(=O)(=O)c1cccc(c1)C(=O)N1CCN(C3CCC(F)(F)CC3)C[C@@H](O2)[C@H]1CC(C)C. The molecule has 246 valence electrons. The molecule has 3 aromatic rings. The van der Waals surface area contributed by atoms with Gasteiger partial charge in [0.05, 0.1) is 16.6 Å². The smallest absolute Gasteiger partial charge is 0.264 e. The molecule has 1 aliphatic carbocycles. The molecule has 46 heavy (non-hydrogen) atoms. The summed E-state index contributed by atoms with van der Waals surface area (Å²) >= 11 is 0. The van der Waals surface area contributed by atoms with Crippen LogP contribution in [-0.4, -0.2) is 77.8 Å². The molecule has 0 unspecified atom stereocenters. The van der Waals surface area contributed by atoms with Gasteiger partial charge in [-0.15, -0.1) is 0 Å². The van der Waals surface area contributed by atoms with Crippen LogP contribution in [0.15, 0.2) is 53.4 Å². The average Bonchev–Trinajstić information content (AvgIpc) is 3.15.